The van der Waals surface area contributed by atoms with Crippen molar-refractivity contribution in [2.45, 2.75) is 45.4 Å². The highest BCUT2D eigenvalue weighted by molar-refractivity contribution is 6.10. The Hall–Kier alpha value is -6.85. The van der Waals surface area contributed by atoms with Gasteiger partial charge in [-0.1, -0.05) is 137 Å². The van der Waals surface area contributed by atoms with E-state index in [1.54, 1.807) is 6.08 Å². The molecule has 0 aliphatic heterocycles. The Morgan fingerprint density at radius 1 is 0.526 bits per heavy atom. The molecule has 6 aromatic carbocycles. The van der Waals surface area contributed by atoms with Crippen molar-refractivity contribution < 1.29 is 8.83 Å². The van der Waals surface area contributed by atoms with Crippen LogP contribution in [0.1, 0.15) is 61.3 Å². The lowest BCUT2D eigenvalue weighted by Crippen LogP contribution is -2.15. The third kappa shape index (κ3) is 4.72. The highest BCUT2D eigenvalue weighted by Crippen LogP contribution is 2.53. The predicted octanol–water partition coefficient (Wildman–Crippen LogP) is 13.6. The largest absolute Gasteiger partial charge is 0.460 e. The van der Waals surface area contributed by atoms with Gasteiger partial charge in [0.05, 0.1) is 5.56 Å². The molecule has 11 rings (SSSR count). The maximum atomic E-state index is 6.86. The van der Waals surface area contributed by atoms with Crippen LogP contribution in [0.3, 0.4) is 0 Å². The Bertz CT molecular complexity index is 3230. The Kier molecular flexibility index (Phi) is 6.95. The lowest BCUT2D eigenvalue weighted by Gasteiger charge is -2.21. The molecule has 5 nitrogen and oxygen atoms in total. The Balaban J connectivity index is 1.11. The zero-order valence-corrected chi connectivity index (χ0v) is 32.6. The van der Waals surface area contributed by atoms with Gasteiger partial charge in [-0.05, 0) is 76.2 Å². The van der Waals surface area contributed by atoms with Crippen LogP contribution < -0.4 is 0 Å². The molecule has 57 heavy (non-hydrogen) atoms. The molecule has 274 valence electrons. The molecule has 0 radical (unpaired) electrons. The number of hydrogen-bond donors (Lipinski definition) is 0. The van der Waals surface area contributed by atoms with E-state index in [9.17, 15) is 0 Å². The fourth-order valence-corrected chi connectivity index (χ4v) is 9.62. The third-order valence-corrected chi connectivity index (χ3v) is 12.5. The summed E-state index contributed by atoms with van der Waals surface area (Å²) in [5.74, 6) is 2.52. The number of allylic oxidation sites excluding steroid dienone is 2. The molecule has 9 aromatic rings. The number of para-hydroxylation sites is 1. The van der Waals surface area contributed by atoms with Crippen LogP contribution in [0, 0.1) is 6.92 Å². The van der Waals surface area contributed by atoms with E-state index in [4.69, 9.17) is 23.8 Å². The van der Waals surface area contributed by atoms with Crippen molar-refractivity contribution >= 4 is 39.0 Å². The summed E-state index contributed by atoms with van der Waals surface area (Å²) in [6.07, 6.45) is 5.73. The summed E-state index contributed by atoms with van der Waals surface area (Å²) in [6.45, 7) is 15.0. The fourth-order valence-electron chi connectivity index (χ4n) is 9.62. The van der Waals surface area contributed by atoms with Crippen molar-refractivity contribution in [1.29, 1.82) is 0 Å². The molecule has 0 saturated heterocycles. The van der Waals surface area contributed by atoms with Gasteiger partial charge in [0.2, 0.25) is 0 Å². The van der Waals surface area contributed by atoms with Gasteiger partial charge in [0, 0.05) is 49.2 Å². The maximum Gasteiger partial charge on any atom is 0.167 e. The summed E-state index contributed by atoms with van der Waals surface area (Å²) in [6, 6.07) is 40.9. The summed E-state index contributed by atoms with van der Waals surface area (Å²) in [5.41, 5.74) is 15.9. The fraction of sp³-hybridized carbons (Fsp3) is 0.135. The summed E-state index contributed by atoms with van der Waals surface area (Å²) in [4.78, 5) is 15.6. The normalized spacial score (nSPS) is 14.7. The van der Waals surface area contributed by atoms with Crippen molar-refractivity contribution in [3.63, 3.8) is 0 Å². The van der Waals surface area contributed by atoms with E-state index in [0.29, 0.717) is 17.5 Å². The van der Waals surface area contributed by atoms with Crippen LogP contribution in [-0.4, -0.2) is 15.0 Å². The van der Waals surface area contributed by atoms with Crippen LogP contribution in [-0.2, 0) is 10.8 Å². The average molecular weight is 738 g/mol. The molecule has 3 heterocycles. The highest BCUT2D eigenvalue weighted by atomic mass is 16.3. The highest BCUT2D eigenvalue weighted by Gasteiger charge is 2.39. The van der Waals surface area contributed by atoms with E-state index in [2.05, 4.69) is 137 Å². The molecular formula is C52H39N3O2. The number of rotatable bonds is 5. The van der Waals surface area contributed by atoms with Crippen LogP contribution in [0.2, 0.25) is 0 Å². The number of benzene rings is 6. The minimum atomic E-state index is -0.196. The van der Waals surface area contributed by atoms with Gasteiger partial charge in [0.25, 0.3) is 0 Å². The van der Waals surface area contributed by atoms with Crippen LogP contribution in [0.4, 0.5) is 0 Å². The Morgan fingerprint density at radius 3 is 1.91 bits per heavy atom. The average Bonchev–Trinajstić information content (AvgIpc) is 3.90. The van der Waals surface area contributed by atoms with Crippen molar-refractivity contribution in [3.8, 4) is 56.4 Å². The van der Waals surface area contributed by atoms with Gasteiger partial charge < -0.3 is 8.83 Å². The molecule has 2 aliphatic carbocycles. The standard InChI is InChI=1S/C52H39N3O2/c1-7-8-14-32-29(2)56-46-38(32)17-13-18-40(46)50-54-48(30-21-23-35-33-15-9-11-19-41(33)51(3,4)43(35)27-30)53-49(55-50)31-22-24-36-39-26-25-37-34-16-10-12-20-42(34)52(5,6)45(37)47(39)57-44(36)28-31/h7-28H,1H2,2-6H3/b14-8-. The van der Waals surface area contributed by atoms with Crippen LogP contribution in [0.15, 0.2) is 143 Å². The molecule has 0 fully saturated rings. The van der Waals surface area contributed by atoms with E-state index in [1.807, 2.05) is 31.2 Å². The third-order valence-electron chi connectivity index (χ3n) is 12.5. The van der Waals surface area contributed by atoms with E-state index in [0.717, 1.165) is 60.9 Å². The Labute approximate surface area is 331 Å². The number of hydrogen-bond acceptors (Lipinski definition) is 5. The lowest BCUT2D eigenvalue weighted by atomic mass is 9.82. The summed E-state index contributed by atoms with van der Waals surface area (Å²) in [5, 5.41) is 3.16. The molecule has 0 saturated carbocycles. The number of aromatic nitrogens is 3. The molecule has 0 N–H and O–H groups in total. The lowest BCUT2D eigenvalue weighted by molar-refractivity contribution is 0.578. The SMILES string of the molecule is C=C/C=C\c1c(C)oc2c(-c3nc(-c4ccc5c(c4)C(C)(C)c4ccccc4-5)nc(-c4ccc5c(c4)oc4c6c(ccc45)-c4ccccc4C6(C)C)n3)cccc12. The topological polar surface area (TPSA) is 65.0 Å². The summed E-state index contributed by atoms with van der Waals surface area (Å²) >= 11 is 0. The molecule has 0 amide bonds. The van der Waals surface area contributed by atoms with Gasteiger partial charge in [-0.15, -0.1) is 0 Å². The van der Waals surface area contributed by atoms with Crippen molar-refractivity contribution in [2.75, 3.05) is 0 Å². The monoisotopic (exact) mass is 737 g/mol. The second kappa shape index (κ2) is 11.8. The first-order valence-electron chi connectivity index (χ1n) is 19.6. The molecule has 0 atom stereocenters. The smallest absolute Gasteiger partial charge is 0.167 e. The Morgan fingerprint density at radius 2 is 1.14 bits per heavy atom. The van der Waals surface area contributed by atoms with Gasteiger partial charge in [-0.2, -0.15) is 0 Å². The molecule has 2 aliphatic rings. The van der Waals surface area contributed by atoms with Crippen LogP contribution in [0.5, 0.6) is 0 Å². The number of nitrogens with zero attached hydrogens (tertiary/aromatic N) is 3. The van der Waals surface area contributed by atoms with Crippen molar-refractivity contribution in [3.05, 3.63) is 168 Å². The van der Waals surface area contributed by atoms with E-state index in [1.165, 1.54) is 44.5 Å². The van der Waals surface area contributed by atoms with E-state index >= 15 is 0 Å². The van der Waals surface area contributed by atoms with E-state index < -0.39 is 0 Å². The minimum Gasteiger partial charge on any atom is -0.460 e. The zero-order valence-electron chi connectivity index (χ0n) is 32.6. The number of fused-ring (bicyclic) bond motifs is 11. The molecule has 5 heteroatoms. The van der Waals surface area contributed by atoms with Gasteiger partial charge >= 0.3 is 0 Å². The van der Waals surface area contributed by atoms with Crippen molar-refractivity contribution in [2.24, 2.45) is 0 Å². The number of aryl methyl sites for hydroxylation is 1. The van der Waals surface area contributed by atoms with Crippen LogP contribution >= 0.6 is 0 Å². The quantitative estimate of drug-likeness (QED) is 0.165. The summed E-state index contributed by atoms with van der Waals surface area (Å²) in [7, 11) is 0. The maximum absolute atomic E-state index is 6.86. The number of furan rings is 2. The first kappa shape index (κ1) is 33.5. The first-order chi connectivity index (χ1) is 27.6. The second-order valence-corrected chi connectivity index (χ2v) is 16.4. The van der Waals surface area contributed by atoms with Gasteiger partial charge in [-0.25, -0.2) is 15.0 Å². The van der Waals surface area contributed by atoms with Crippen molar-refractivity contribution in [1.82, 2.24) is 15.0 Å². The molecule has 0 spiro atoms. The zero-order chi connectivity index (χ0) is 38.8. The minimum absolute atomic E-state index is 0.171. The second-order valence-electron chi connectivity index (χ2n) is 16.4. The van der Waals surface area contributed by atoms with Gasteiger partial charge in [-0.3, -0.25) is 0 Å². The van der Waals surface area contributed by atoms with E-state index in [-0.39, 0.29) is 10.8 Å². The molecule has 3 aromatic heterocycles. The van der Waals surface area contributed by atoms with Gasteiger partial charge in [0.15, 0.2) is 17.5 Å². The van der Waals surface area contributed by atoms with Gasteiger partial charge in [0.1, 0.15) is 22.5 Å². The molecular weight excluding hydrogens is 699 g/mol. The van der Waals surface area contributed by atoms with Crippen LogP contribution in [0.25, 0.3) is 95.4 Å². The predicted molar refractivity (Wildman–Crippen MR) is 232 cm³/mol. The first-order valence-corrected chi connectivity index (χ1v) is 19.6. The summed E-state index contributed by atoms with van der Waals surface area (Å²) < 4.78 is 13.3. The molecule has 0 unspecified atom stereocenters. The molecule has 0 bridgehead atoms.